The van der Waals surface area contributed by atoms with Crippen LogP contribution < -0.4 is 0 Å². The summed E-state index contributed by atoms with van der Waals surface area (Å²) in [7, 11) is -1.53. The van der Waals surface area contributed by atoms with Gasteiger partial charge in [-0.1, -0.05) is 60.9 Å². The molecule has 1 aliphatic carbocycles. The minimum absolute atomic E-state index is 0. The van der Waals surface area contributed by atoms with Gasteiger partial charge in [-0.15, -0.1) is 0 Å². The van der Waals surface area contributed by atoms with E-state index in [0.717, 1.165) is 6.04 Å². The van der Waals surface area contributed by atoms with Crippen LogP contribution in [-0.4, -0.2) is 19.3 Å². The maximum Gasteiger partial charge on any atom is 0.0638 e. The second kappa shape index (κ2) is 7.93. The van der Waals surface area contributed by atoms with Crippen molar-refractivity contribution in [2.75, 3.05) is 0 Å². The van der Waals surface area contributed by atoms with E-state index in [1.54, 1.807) is 0 Å². The summed E-state index contributed by atoms with van der Waals surface area (Å²) in [4.78, 5) is 0. The van der Waals surface area contributed by atoms with Gasteiger partial charge < -0.3 is 5.11 Å². The Labute approximate surface area is 142 Å². The van der Waals surface area contributed by atoms with Crippen LogP contribution in [0.4, 0.5) is 0 Å². The molecule has 0 aromatic rings. The molecule has 0 saturated heterocycles. The van der Waals surface area contributed by atoms with Gasteiger partial charge in [-0.2, -0.15) is 27.0 Å². The number of aliphatic hydroxyl groups excluding tert-OH is 1. The van der Waals surface area contributed by atoms with E-state index in [0.29, 0.717) is 16.0 Å². The van der Waals surface area contributed by atoms with Crippen LogP contribution in [0.2, 0.25) is 22.7 Å². The lowest BCUT2D eigenvalue weighted by atomic mass is 10.0. The first-order chi connectivity index (χ1) is 7.99. The van der Waals surface area contributed by atoms with Gasteiger partial charge in [-0.25, -0.2) is 0 Å². The van der Waals surface area contributed by atoms with Crippen molar-refractivity contribution in [3.63, 3.8) is 0 Å². The van der Waals surface area contributed by atoms with E-state index in [9.17, 15) is 5.11 Å². The molecule has 0 aromatic carbocycles. The maximum atomic E-state index is 10.6. The number of hydrogen-bond donors (Lipinski definition) is 1. The van der Waals surface area contributed by atoms with Crippen molar-refractivity contribution in [2.45, 2.75) is 96.0 Å². The lowest BCUT2D eigenvalue weighted by Gasteiger charge is -2.51. The van der Waals surface area contributed by atoms with E-state index in [2.05, 4.69) is 48.1 Å². The molecule has 0 unspecified atom stereocenters. The third kappa shape index (κ3) is 4.96. The smallest absolute Gasteiger partial charge is 0.0638 e. The minimum Gasteiger partial charge on any atom is -0.393 e. The molecule has 1 saturated carbocycles. The predicted octanol–water partition coefficient (Wildman–Crippen LogP) is 5.44. The molecule has 0 amide bonds. The Morgan fingerprint density at radius 2 is 1.30 bits per heavy atom. The summed E-state index contributed by atoms with van der Waals surface area (Å²) < 4.78 is 0. The van der Waals surface area contributed by atoms with Crippen molar-refractivity contribution < 1.29 is 5.11 Å². The summed E-state index contributed by atoms with van der Waals surface area (Å²) in [5.41, 5.74) is 0. The van der Waals surface area contributed by atoms with Crippen LogP contribution >= 0.6 is 27.0 Å². The van der Waals surface area contributed by atoms with Crippen LogP contribution in [0.15, 0.2) is 0 Å². The van der Waals surface area contributed by atoms with Crippen LogP contribution in [-0.2, 0) is 0 Å². The molecule has 0 heterocycles. The summed E-state index contributed by atoms with van der Waals surface area (Å²) in [5.74, 6) is 0.585. The zero-order valence-electron chi connectivity index (χ0n) is 14.6. The Bertz CT molecular complexity index is 261. The molecule has 4 heteroatoms. The Morgan fingerprint density at radius 1 is 0.950 bits per heavy atom. The summed E-state index contributed by atoms with van der Waals surface area (Å²) in [5, 5.41) is 11.3. The quantitative estimate of drug-likeness (QED) is 0.679. The van der Waals surface area contributed by atoms with Gasteiger partial charge in [0.15, 0.2) is 0 Å². The Morgan fingerprint density at radius 3 is 1.60 bits per heavy atom. The molecule has 1 aliphatic rings. The molecule has 0 aromatic heterocycles. The van der Waals surface area contributed by atoms with Crippen molar-refractivity contribution in [2.24, 2.45) is 5.92 Å². The second-order valence-electron chi connectivity index (χ2n) is 8.65. The first-order valence-electron chi connectivity index (χ1n) is 7.67. The normalized spacial score (nSPS) is 19.2. The second-order valence-corrected chi connectivity index (χ2v) is 14.7. The Balaban J connectivity index is 0. The van der Waals surface area contributed by atoms with Gasteiger partial charge in [0.2, 0.25) is 0 Å². The Hall–Kier alpha value is 0.877. The van der Waals surface area contributed by atoms with Crippen molar-refractivity contribution in [3.8, 4) is 0 Å². The number of aliphatic hydroxyl groups is 1. The zero-order chi connectivity index (χ0) is 14.2. The molecule has 1 atom stereocenters. The van der Waals surface area contributed by atoms with Crippen LogP contribution in [0.1, 0.15) is 67.2 Å². The fourth-order valence-corrected chi connectivity index (χ4v) is 8.31. The first kappa shape index (κ1) is 23.1. The van der Waals surface area contributed by atoms with Gasteiger partial charge in [0.1, 0.15) is 0 Å². The van der Waals surface area contributed by atoms with Crippen LogP contribution in [0.25, 0.3) is 0 Å². The van der Waals surface area contributed by atoms with Gasteiger partial charge in [0, 0.05) is 0 Å². The molecule has 124 valence electrons. The molecule has 0 spiro atoms. The third-order valence-corrected chi connectivity index (χ3v) is 13.7. The number of hydrogen-bond acceptors (Lipinski definition) is 1. The van der Waals surface area contributed by atoms with Crippen LogP contribution in [0, 0.1) is 5.92 Å². The SMILES string of the molecule is CC(C)(C)[Si](C)(C[C@@H](O)C1CCCC1)C(C)(C)C.S.S. The highest BCUT2D eigenvalue weighted by Crippen LogP contribution is 2.54. The van der Waals surface area contributed by atoms with Gasteiger partial charge in [0.25, 0.3) is 0 Å². The first-order valence-corrected chi connectivity index (χ1v) is 10.4. The standard InChI is InChI=1S/C16H34OSi.2H2S/c1-15(2,3)18(7,16(4,5)6)12-14(17)13-10-8-9-11-13;;/h13-14,17H,8-12H2,1-7H3;2*1H2/t14-;;/m1../s1. The van der Waals surface area contributed by atoms with Gasteiger partial charge in [0.05, 0.1) is 14.2 Å². The maximum absolute atomic E-state index is 10.6. The van der Waals surface area contributed by atoms with E-state index in [1.807, 2.05) is 0 Å². The fourth-order valence-electron chi connectivity index (χ4n) is 3.66. The van der Waals surface area contributed by atoms with Gasteiger partial charge in [-0.05, 0) is 34.9 Å². The van der Waals surface area contributed by atoms with E-state index in [-0.39, 0.29) is 33.1 Å². The third-order valence-electron chi connectivity index (χ3n) is 5.87. The van der Waals surface area contributed by atoms with E-state index in [1.165, 1.54) is 25.7 Å². The summed E-state index contributed by atoms with van der Waals surface area (Å²) in [6.07, 6.45) is 5.10. The molecule has 1 fully saturated rings. The van der Waals surface area contributed by atoms with Crippen molar-refractivity contribution in [1.82, 2.24) is 0 Å². The van der Waals surface area contributed by atoms with Crippen LogP contribution in [0.3, 0.4) is 0 Å². The number of rotatable bonds is 3. The average Bonchev–Trinajstić information content (AvgIpc) is 2.66. The average molecular weight is 339 g/mol. The van der Waals surface area contributed by atoms with Crippen molar-refractivity contribution in [3.05, 3.63) is 0 Å². The lowest BCUT2D eigenvalue weighted by Crippen LogP contribution is -2.51. The van der Waals surface area contributed by atoms with E-state index in [4.69, 9.17) is 0 Å². The highest BCUT2D eigenvalue weighted by atomic mass is 32.1. The Kier molecular flexibility index (Phi) is 9.18. The summed E-state index contributed by atoms with van der Waals surface area (Å²) >= 11 is 0. The predicted molar refractivity (Wildman–Crippen MR) is 105 cm³/mol. The largest absolute Gasteiger partial charge is 0.393 e. The van der Waals surface area contributed by atoms with Crippen LogP contribution in [0.5, 0.6) is 0 Å². The van der Waals surface area contributed by atoms with Crippen molar-refractivity contribution in [1.29, 1.82) is 0 Å². The highest BCUT2D eigenvalue weighted by Gasteiger charge is 2.50. The minimum atomic E-state index is -1.53. The fraction of sp³-hybridized carbons (Fsp3) is 1.00. The molecule has 0 bridgehead atoms. The summed E-state index contributed by atoms with van der Waals surface area (Å²) in [6, 6.07) is 1.07. The molecule has 0 radical (unpaired) electrons. The van der Waals surface area contributed by atoms with E-state index < -0.39 is 8.07 Å². The zero-order valence-corrected chi connectivity index (χ0v) is 17.6. The summed E-state index contributed by atoms with van der Waals surface area (Å²) in [6.45, 7) is 16.8. The molecule has 20 heavy (non-hydrogen) atoms. The molecule has 1 rings (SSSR count). The van der Waals surface area contributed by atoms with Gasteiger partial charge in [-0.3, -0.25) is 0 Å². The monoisotopic (exact) mass is 338 g/mol. The topological polar surface area (TPSA) is 20.2 Å². The van der Waals surface area contributed by atoms with E-state index >= 15 is 0 Å². The molecule has 0 aliphatic heterocycles. The van der Waals surface area contributed by atoms with Crippen molar-refractivity contribution >= 4 is 35.1 Å². The van der Waals surface area contributed by atoms with Gasteiger partial charge >= 0.3 is 0 Å². The molecule has 1 nitrogen and oxygen atoms in total. The lowest BCUT2D eigenvalue weighted by molar-refractivity contribution is 0.125. The molecular weight excluding hydrogens is 300 g/mol. The molecular formula is C16H38OS2Si. The highest BCUT2D eigenvalue weighted by molar-refractivity contribution is 7.59. The molecule has 1 N–H and O–H groups in total.